The number of hydrogen-bond acceptors (Lipinski definition) is 17. The highest BCUT2D eigenvalue weighted by Crippen LogP contribution is 2.40. The Morgan fingerprint density at radius 2 is 1.52 bits per heavy atom. The third-order valence-electron chi connectivity index (χ3n) is 8.35. The Kier molecular flexibility index (Phi) is 16.3. The van der Waals surface area contributed by atoms with Gasteiger partial charge in [-0.15, -0.1) is 16.3 Å². The Bertz CT molecular complexity index is 2190. The molecule has 3 heterocycles. The van der Waals surface area contributed by atoms with Crippen molar-refractivity contribution in [2.75, 3.05) is 18.4 Å². The van der Waals surface area contributed by atoms with Gasteiger partial charge in [-0.3, -0.25) is 20.2 Å². The molecule has 0 spiro atoms. The van der Waals surface area contributed by atoms with Crippen molar-refractivity contribution < 1.29 is 62.5 Å². The molecule has 1 saturated heterocycles. The van der Waals surface area contributed by atoms with Crippen LogP contribution in [0.15, 0.2) is 21.7 Å². The molecule has 4 rings (SSSR count). The molecule has 0 radical (unpaired) electrons. The number of aliphatic carboxylic acids is 1. The molecule has 1 aliphatic carbocycles. The maximum atomic E-state index is 13.8. The summed E-state index contributed by atoms with van der Waals surface area (Å²) in [6, 6.07) is -1.91. The molecule has 2 aliphatic rings. The molecule has 66 heavy (non-hydrogen) atoms. The van der Waals surface area contributed by atoms with Crippen molar-refractivity contribution in [1.82, 2.24) is 46.1 Å². The highest BCUT2D eigenvalue weighted by molar-refractivity contribution is 7.14. The molecule has 1 aliphatic heterocycles. The number of carboxylic acids is 1. The molecule has 1 saturated carbocycles. The summed E-state index contributed by atoms with van der Waals surface area (Å²) in [6.45, 7) is 20.2. The van der Waals surface area contributed by atoms with Crippen LogP contribution in [0.4, 0.5) is 24.3 Å². The van der Waals surface area contributed by atoms with E-state index in [4.69, 9.17) is 23.8 Å². The van der Waals surface area contributed by atoms with Crippen LogP contribution < -0.4 is 26.6 Å². The minimum atomic E-state index is -1.63. The van der Waals surface area contributed by atoms with Crippen molar-refractivity contribution in [1.29, 1.82) is 0 Å². The third-order valence-corrected chi connectivity index (χ3v) is 9.10. The summed E-state index contributed by atoms with van der Waals surface area (Å²) in [5.74, 6) is -3.01. The fourth-order valence-corrected chi connectivity index (χ4v) is 6.12. The first-order valence-corrected chi connectivity index (χ1v) is 21.8. The number of alkyl carbamates (subject to hydrolysis) is 2. The van der Waals surface area contributed by atoms with Gasteiger partial charge in [0, 0.05) is 31.3 Å². The van der Waals surface area contributed by atoms with Crippen LogP contribution in [-0.4, -0.2) is 137 Å². The van der Waals surface area contributed by atoms with Gasteiger partial charge in [0.2, 0.25) is 17.5 Å². The van der Waals surface area contributed by atoms with Crippen molar-refractivity contribution in [2.24, 2.45) is 10.1 Å². The molecular formula is C40H60N12O13S. The Morgan fingerprint density at radius 1 is 0.909 bits per heavy atom. The number of oxime groups is 1. The second-order valence-corrected chi connectivity index (χ2v) is 20.1. The highest BCUT2D eigenvalue weighted by atomic mass is 32.1. The van der Waals surface area contributed by atoms with E-state index in [0.717, 1.165) is 11.3 Å². The van der Waals surface area contributed by atoms with Gasteiger partial charge in [-0.2, -0.15) is 15.0 Å². The quantitative estimate of drug-likeness (QED) is 0.0371. The Hall–Kier alpha value is -6.60. The fourth-order valence-electron chi connectivity index (χ4n) is 5.44. The number of carboxylic acid groups (broad SMARTS) is 1. The van der Waals surface area contributed by atoms with Crippen LogP contribution in [0, 0.1) is 0 Å². The summed E-state index contributed by atoms with van der Waals surface area (Å²) in [4.78, 5) is 106. The van der Waals surface area contributed by atoms with Crippen LogP contribution in [0.5, 0.6) is 0 Å². The number of aliphatic imine (C=N–C) groups is 1. The number of amides is 6. The van der Waals surface area contributed by atoms with Gasteiger partial charge in [-0.1, -0.05) is 5.16 Å². The molecule has 26 heteroatoms. The normalized spacial score (nSPS) is 17.2. The van der Waals surface area contributed by atoms with Crippen LogP contribution in [0.25, 0.3) is 0 Å². The zero-order valence-electron chi connectivity index (χ0n) is 39.1. The average Bonchev–Trinajstić information content (AvgIpc) is 3.59. The van der Waals surface area contributed by atoms with Crippen molar-refractivity contribution in [3.8, 4) is 0 Å². The number of nitrogens with one attached hydrogen (secondary N) is 5. The first kappa shape index (κ1) is 52.0. The second kappa shape index (κ2) is 20.7. The number of β-lactam (4-membered cyclic amide) rings is 1. The number of hydrogen-bond donors (Lipinski definition) is 6. The summed E-state index contributed by atoms with van der Waals surface area (Å²) in [7, 11) is 0. The van der Waals surface area contributed by atoms with E-state index in [-0.39, 0.29) is 62.2 Å². The van der Waals surface area contributed by atoms with E-state index < -0.39 is 88.0 Å². The minimum absolute atomic E-state index is 0.0406. The van der Waals surface area contributed by atoms with Gasteiger partial charge in [0.25, 0.3) is 5.91 Å². The summed E-state index contributed by atoms with van der Waals surface area (Å²) in [6.07, 6.45) is -1.40. The Morgan fingerprint density at radius 3 is 2.09 bits per heavy atom. The zero-order valence-corrected chi connectivity index (χ0v) is 40.0. The molecule has 2 fully saturated rings. The van der Waals surface area contributed by atoms with Gasteiger partial charge in [-0.05, 0) is 89.5 Å². The summed E-state index contributed by atoms with van der Waals surface area (Å²) < 4.78 is 21.4. The highest BCUT2D eigenvalue weighted by Gasteiger charge is 2.55. The number of nitrogens with zero attached hydrogens (tertiary/aromatic N) is 7. The van der Waals surface area contributed by atoms with Crippen molar-refractivity contribution in [2.45, 2.75) is 156 Å². The van der Waals surface area contributed by atoms with Gasteiger partial charge >= 0.3 is 30.3 Å². The van der Waals surface area contributed by atoms with Crippen LogP contribution in [-0.2, 0) is 51.3 Å². The molecular weight excluding hydrogens is 889 g/mol. The number of thiazole rings is 1. The van der Waals surface area contributed by atoms with E-state index in [1.54, 1.807) is 83.1 Å². The van der Waals surface area contributed by atoms with E-state index in [1.165, 1.54) is 21.3 Å². The lowest BCUT2D eigenvalue weighted by Crippen LogP contribution is -2.70. The molecule has 2 aromatic rings. The van der Waals surface area contributed by atoms with E-state index in [0.29, 0.717) is 5.69 Å². The molecule has 0 bridgehead atoms. The number of guanidine groups is 1. The second-order valence-electron chi connectivity index (χ2n) is 19.2. The van der Waals surface area contributed by atoms with Gasteiger partial charge in [0.1, 0.15) is 39.8 Å². The van der Waals surface area contributed by atoms with E-state index in [9.17, 15) is 38.7 Å². The number of ether oxygens (including phenoxy) is 4. The maximum Gasteiger partial charge on any atom is 0.437 e. The van der Waals surface area contributed by atoms with Gasteiger partial charge in [0.15, 0.2) is 10.8 Å². The molecule has 364 valence electrons. The SMILES string of the molecule is CC(C)(C)OC(=O)/N=C(/NC(=O)OC(C)(C)C)N(CCCNC(=O)OC(C)(C)C)Cc1cnn(C[C@H]2NC(=O)[C@H]2NC(=O)C(=NOC2(C(=O)O)CC2)c2csc(NC(=O)OC(C)(C)C)n2)n1. The van der Waals surface area contributed by atoms with Gasteiger partial charge in [-0.25, -0.2) is 29.0 Å². The lowest BCUT2D eigenvalue weighted by atomic mass is 9.98. The lowest BCUT2D eigenvalue weighted by Gasteiger charge is -2.36. The molecule has 6 N–H and O–H groups in total. The average molecular weight is 949 g/mol. The summed E-state index contributed by atoms with van der Waals surface area (Å²) in [5, 5.41) is 36.7. The summed E-state index contributed by atoms with van der Waals surface area (Å²) >= 11 is 0.935. The van der Waals surface area contributed by atoms with Crippen LogP contribution in [0.2, 0.25) is 0 Å². The Balaban J connectivity index is 1.53. The zero-order chi connectivity index (χ0) is 49.4. The molecule has 25 nitrogen and oxygen atoms in total. The molecule has 2 atom stereocenters. The molecule has 6 amide bonds. The summed E-state index contributed by atoms with van der Waals surface area (Å²) in [5.41, 5.74) is -5.23. The molecule has 0 unspecified atom stereocenters. The standard InChI is InChI=1S/C40H60N12O13S/c1-36(2,3)61-32(57)41-16-13-17-51(30(46-33(58)62-37(4,5)6)47-34(59)63-38(7,8)9)19-22-18-42-52(49-22)20-23-25(27(53)43-23)45-28(54)26(50-65-40(14-15-40)29(55)56)24-21-66-31(44-24)48-35(60)64-39(10,11)12/h18,21,23,25H,13-17,19-20H2,1-12H3,(H,41,57)(H,43,53)(H,45,54)(H,55,56)(H,44,48,60)(H,46,47,58,59)/t23-,25+/m1/s1. The van der Waals surface area contributed by atoms with Crippen molar-refractivity contribution >= 4 is 70.3 Å². The number of carbonyl (C=O) groups excluding carboxylic acids is 6. The number of carbonyl (C=O) groups is 7. The van der Waals surface area contributed by atoms with Crippen LogP contribution in [0.1, 0.15) is 114 Å². The van der Waals surface area contributed by atoms with Crippen molar-refractivity contribution in [3.05, 3.63) is 23.0 Å². The minimum Gasteiger partial charge on any atom is -0.478 e. The number of rotatable bonds is 15. The molecule has 2 aromatic heterocycles. The van der Waals surface area contributed by atoms with E-state index >= 15 is 0 Å². The fraction of sp³-hybridized carbons (Fsp3) is 0.650. The van der Waals surface area contributed by atoms with Gasteiger partial charge in [0.05, 0.1) is 25.3 Å². The number of anilines is 1. The smallest absolute Gasteiger partial charge is 0.437 e. The van der Waals surface area contributed by atoms with Gasteiger partial charge < -0.3 is 49.7 Å². The number of aromatic nitrogens is 4. The molecule has 0 aromatic carbocycles. The Labute approximate surface area is 385 Å². The maximum absolute atomic E-state index is 13.8. The lowest BCUT2D eigenvalue weighted by molar-refractivity contribution is -0.153. The van der Waals surface area contributed by atoms with Crippen LogP contribution >= 0.6 is 11.3 Å². The third kappa shape index (κ3) is 17.1. The van der Waals surface area contributed by atoms with E-state index in [2.05, 4.69) is 51.9 Å². The predicted octanol–water partition coefficient (Wildman–Crippen LogP) is 3.64. The monoisotopic (exact) mass is 948 g/mol. The first-order chi connectivity index (χ1) is 30.4. The van der Waals surface area contributed by atoms with Crippen LogP contribution in [0.3, 0.4) is 0 Å². The first-order valence-electron chi connectivity index (χ1n) is 20.9. The van der Waals surface area contributed by atoms with E-state index in [1.807, 2.05) is 0 Å². The topological polar surface area (TPSA) is 318 Å². The predicted molar refractivity (Wildman–Crippen MR) is 235 cm³/mol. The van der Waals surface area contributed by atoms with Crippen molar-refractivity contribution in [3.63, 3.8) is 0 Å². The largest absolute Gasteiger partial charge is 0.478 e.